The predicted molar refractivity (Wildman–Crippen MR) is 97.6 cm³/mol. The highest BCUT2D eigenvalue weighted by Gasteiger charge is 2.51. The molecule has 0 radical (unpaired) electrons. The summed E-state index contributed by atoms with van der Waals surface area (Å²) in [6, 6.07) is 7.35. The van der Waals surface area contributed by atoms with E-state index in [0.29, 0.717) is 6.04 Å². The van der Waals surface area contributed by atoms with E-state index in [9.17, 15) is 0 Å². The molecule has 1 aromatic carbocycles. The summed E-state index contributed by atoms with van der Waals surface area (Å²) in [5.41, 5.74) is 3.13. The van der Waals surface area contributed by atoms with Crippen LogP contribution in [0, 0.1) is 6.92 Å². The van der Waals surface area contributed by atoms with Gasteiger partial charge in [0.2, 0.25) is 0 Å². The molecule has 2 saturated heterocycles. The third-order valence-corrected chi connectivity index (χ3v) is 5.74. The largest absolute Gasteiger partial charge is 0.494 e. The first-order chi connectivity index (χ1) is 10.7. The number of anilines is 1. The van der Waals surface area contributed by atoms with E-state index in [1.807, 2.05) is 0 Å². The molecule has 2 fully saturated rings. The summed E-state index contributed by atoms with van der Waals surface area (Å²) in [6.45, 7) is 14.1. The van der Waals surface area contributed by atoms with Crippen LogP contribution in [0.25, 0.3) is 0 Å². The van der Waals surface area contributed by atoms with Crippen molar-refractivity contribution < 1.29 is 9.31 Å². The van der Waals surface area contributed by atoms with Gasteiger partial charge in [0, 0.05) is 18.3 Å². The molecule has 0 bridgehead atoms. The molecular weight excluding hydrogens is 285 g/mol. The molecule has 0 amide bonds. The second kappa shape index (κ2) is 5.82. The number of piperidine rings is 1. The molecule has 2 aliphatic rings. The zero-order valence-corrected chi connectivity index (χ0v) is 15.5. The van der Waals surface area contributed by atoms with Crippen molar-refractivity contribution in [2.75, 3.05) is 11.4 Å². The van der Waals surface area contributed by atoms with Gasteiger partial charge in [-0.1, -0.05) is 6.07 Å². The van der Waals surface area contributed by atoms with Gasteiger partial charge in [-0.25, -0.2) is 0 Å². The minimum absolute atomic E-state index is 0.279. The lowest BCUT2D eigenvalue weighted by Crippen LogP contribution is -2.41. The van der Waals surface area contributed by atoms with Crippen LogP contribution in [0.4, 0.5) is 5.69 Å². The predicted octanol–water partition coefficient (Wildman–Crippen LogP) is 3.67. The first-order valence-corrected chi connectivity index (χ1v) is 8.93. The number of rotatable bonds is 2. The molecule has 2 aliphatic heterocycles. The Morgan fingerprint density at radius 1 is 1.04 bits per heavy atom. The van der Waals surface area contributed by atoms with Gasteiger partial charge in [-0.3, -0.25) is 0 Å². The Morgan fingerprint density at radius 3 is 2.30 bits per heavy atom. The van der Waals surface area contributed by atoms with Crippen molar-refractivity contribution in [3.05, 3.63) is 23.8 Å². The van der Waals surface area contributed by atoms with E-state index in [1.54, 1.807) is 0 Å². The molecule has 1 aromatic rings. The van der Waals surface area contributed by atoms with E-state index >= 15 is 0 Å². The first kappa shape index (κ1) is 16.8. The third kappa shape index (κ3) is 3.16. The molecule has 2 heterocycles. The average molecular weight is 315 g/mol. The standard InChI is InChI=1S/C19H30BNO2/c1-14-11-16(20-22-18(3,4)19(5,6)23-20)13-17(12-14)21-10-8-7-9-15(21)2/h11-13,15H,7-10H2,1-6H3. The average Bonchev–Trinajstić information content (AvgIpc) is 2.67. The van der Waals surface area contributed by atoms with Crippen LogP contribution in [0.15, 0.2) is 18.2 Å². The van der Waals surface area contributed by atoms with Crippen molar-refractivity contribution in [2.24, 2.45) is 0 Å². The van der Waals surface area contributed by atoms with Crippen LogP contribution in [0.5, 0.6) is 0 Å². The Morgan fingerprint density at radius 2 is 1.70 bits per heavy atom. The molecule has 0 N–H and O–H groups in total. The molecule has 0 spiro atoms. The molecule has 0 aliphatic carbocycles. The Balaban J connectivity index is 1.90. The Kier molecular flexibility index (Phi) is 4.26. The second-order valence-electron chi connectivity index (χ2n) is 8.23. The highest BCUT2D eigenvalue weighted by atomic mass is 16.7. The lowest BCUT2D eigenvalue weighted by Gasteiger charge is -2.36. The first-order valence-electron chi connectivity index (χ1n) is 8.93. The summed E-state index contributed by atoms with van der Waals surface area (Å²) in [6.07, 6.45) is 3.90. The maximum atomic E-state index is 6.23. The van der Waals surface area contributed by atoms with Crippen LogP contribution in [-0.4, -0.2) is 30.9 Å². The fourth-order valence-corrected chi connectivity index (χ4v) is 3.55. The molecule has 4 heteroatoms. The third-order valence-electron chi connectivity index (χ3n) is 5.74. The van der Waals surface area contributed by atoms with E-state index in [2.05, 4.69) is 64.6 Å². The fraction of sp³-hybridized carbons (Fsp3) is 0.684. The van der Waals surface area contributed by atoms with Gasteiger partial charge in [-0.2, -0.15) is 0 Å². The van der Waals surface area contributed by atoms with Crippen molar-refractivity contribution >= 4 is 18.3 Å². The van der Waals surface area contributed by atoms with Crippen molar-refractivity contribution in [3.8, 4) is 0 Å². The van der Waals surface area contributed by atoms with Gasteiger partial charge >= 0.3 is 7.12 Å². The van der Waals surface area contributed by atoms with Gasteiger partial charge in [0.1, 0.15) is 0 Å². The van der Waals surface area contributed by atoms with Crippen molar-refractivity contribution in [1.82, 2.24) is 0 Å². The summed E-state index contributed by atoms with van der Waals surface area (Å²) in [5.74, 6) is 0. The smallest absolute Gasteiger partial charge is 0.399 e. The van der Waals surface area contributed by atoms with Crippen molar-refractivity contribution in [1.29, 1.82) is 0 Å². The van der Waals surface area contributed by atoms with Crippen molar-refractivity contribution in [3.63, 3.8) is 0 Å². The molecule has 3 rings (SSSR count). The fourth-order valence-electron chi connectivity index (χ4n) is 3.55. The van der Waals surface area contributed by atoms with Gasteiger partial charge in [-0.15, -0.1) is 0 Å². The SMILES string of the molecule is Cc1cc(B2OC(C)(C)C(C)(C)O2)cc(N2CCCCC2C)c1. The highest BCUT2D eigenvalue weighted by Crippen LogP contribution is 2.37. The normalized spacial score (nSPS) is 26.6. The topological polar surface area (TPSA) is 21.7 Å². The Bertz CT molecular complexity index is 569. The lowest BCUT2D eigenvalue weighted by molar-refractivity contribution is 0.00578. The van der Waals surface area contributed by atoms with Crippen LogP contribution in [0.3, 0.4) is 0 Å². The molecular formula is C19H30BNO2. The minimum atomic E-state index is -0.292. The number of nitrogens with zero attached hydrogens (tertiary/aromatic N) is 1. The summed E-state index contributed by atoms with van der Waals surface area (Å²) in [4.78, 5) is 2.53. The van der Waals surface area contributed by atoms with E-state index in [-0.39, 0.29) is 18.3 Å². The van der Waals surface area contributed by atoms with Gasteiger partial charge in [0.05, 0.1) is 11.2 Å². The molecule has 0 saturated carbocycles. The van der Waals surface area contributed by atoms with E-state index in [0.717, 1.165) is 12.0 Å². The minimum Gasteiger partial charge on any atom is -0.399 e. The second-order valence-corrected chi connectivity index (χ2v) is 8.23. The number of hydrogen-bond donors (Lipinski definition) is 0. The maximum Gasteiger partial charge on any atom is 0.494 e. The van der Waals surface area contributed by atoms with Gasteiger partial charge in [-0.05, 0) is 84.0 Å². The van der Waals surface area contributed by atoms with Gasteiger partial charge in [0.15, 0.2) is 0 Å². The van der Waals surface area contributed by atoms with E-state index in [1.165, 1.54) is 30.5 Å². The van der Waals surface area contributed by atoms with E-state index in [4.69, 9.17) is 9.31 Å². The number of hydrogen-bond acceptors (Lipinski definition) is 3. The monoisotopic (exact) mass is 315 g/mol. The molecule has 3 nitrogen and oxygen atoms in total. The summed E-state index contributed by atoms with van der Waals surface area (Å²) in [7, 11) is -0.279. The summed E-state index contributed by atoms with van der Waals surface area (Å²) >= 11 is 0. The molecule has 0 aromatic heterocycles. The van der Waals surface area contributed by atoms with Crippen LogP contribution >= 0.6 is 0 Å². The van der Waals surface area contributed by atoms with Gasteiger partial charge in [0.25, 0.3) is 0 Å². The Hall–Kier alpha value is -0.995. The van der Waals surface area contributed by atoms with E-state index < -0.39 is 0 Å². The quantitative estimate of drug-likeness (QED) is 0.777. The lowest BCUT2D eigenvalue weighted by atomic mass is 9.78. The van der Waals surface area contributed by atoms with Crippen molar-refractivity contribution in [2.45, 2.75) is 78.0 Å². The number of benzene rings is 1. The highest BCUT2D eigenvalue weighted by molar-refractivity contribution is 6.62. The molecule has 23 heavy (non-hydrogen) atoms. The summed E-state index contributed by atoms with van der Waals surface area (Å²) in [5, 5.41) is 0. The van der Waals surface area contributed by atoms with Crippen LogP contribution in [-0.2, 0) is 9.31 Å². The molecule has 1 atom stereocenters. The van der Waals surface area contributed by atoms with Crippen LogP contribution in [0.2, 0.25) is 0 Å². The maximum absolute atomic E-state index is 6.23. The zero-order valence-electron chi connectivity index (χ0n) is 15.5. The zero-order chi connectivity index (χ0) is 16.8. The number of aryl methyl sites for hydroxylation is 1. The van der Waals surface area contributed by atoms with Crippen LogP contribution in [0.1, 0.15) is 59.4 Å². The van der Waals surface area contributed by atoms with Crippen LogP contribution < -0.4 is 10.4 Å². The summed E-state index contributed by atoms with van der Waals surface area (Å²) < 4.78 is 12.5. The molecule has 1 unspecified atom stereocenters. The Labute approximate surface area is 141 Å². The van der Waals surface area contributed by atoms with Gasteiger partial charge < -0.3 is 14.2 Å². The molecule has 126 valence electrons.